The quantitative estimate of drug-likeness (QED) is 0.867. The van der Waals surface area contributed by atoms with Crippen LogP contribution in [0.1, 0.15) is 26.5 Å². The number of hydrogen-bond donors (Lipinski definition) is 2. The highest BCUT2D eigenvalue weighted by atomic mass is 32.2. The van der Waals surface area contributed by atoms with E-state index in [2.05, 4.69) is 15.6 Å². The molecule has 0 aliphatic rings. The molecular weight excluding hydrogens is 326 g/mol. The number of amides is 2. The van der Waals surface area contributed by atoms with E-state index in [1.54, 1.807) is 18.4 Å². The molecular formula is C17H23N3O3S. The van der Waals surface area contributed by atoms with E-state index < -0.39 is 10.8 Å². The van der Waals surface area contributed by atoms with E-state index in [0.29, 0.717) is 23.9 Å². The van der Waals surface area contributed by atoms with Crippen LogP contribution in [-0.4, -0.2) is 32.3 Å². The molecule has 0 fully saturated rings. The van der Waals surface area contributed by atoms with Crippen LogP contribution in [0.5, 0.6) is 0 Å². The largest absolute Gasteiger partial charge is 0.444 e. The molecule has 7 heteroatoms. The first kappa shape index (κ1) is 18.2. The summed E-state index contributed by atoms with van der Waals surface area (Å²) in [6.07, 6.45) is 1.58. The Morgan fingerprint density at radius 2 is 2.08 bits per heavy atom. The molecule has 2 aromatic rings. The predicted octanol–water partition coefficient (Wildman–Crippen LogP) is 3.32. The number of anilines is 1. The van der Waals surface area contributed by atoms with E-state index in [-0.39, 0.29) is 10.8 Å². The summed E-state index contributed by atoms with van der Waals surface area (Å²) in [5, 5.41) is 5.47. The van der Waals surface area contributed by atoms with Crippen LogP contribution in [0.3, 0.4) is 0 Å². The standard InChI is InChI=1S/C17H23N3O3S/c1-12-11-23-15(19-12)13-6-5-7-14(10-13)20-16(21)18-8-9-24(22)17(2,3)4/h5-7,10-11H,8-9H2,1-4H3,(H2,18,20,21)/t24-/m1/s1. The lowest BCUT2D eigenvalue weighted by atomic mass is 10.2. The molecule has 0 spiro atoms. The molecule has 0 saturated heterocycles. The van der Waals surface area contributed by atoms with Gasteiger partial charge in [0.15, 0.2) is 0 Å². The van der Waals surface area contributed by atoms with Crippen molar-refractivity contribution in [1.29, 1.82) is 0 Å². The Balaban J connectivity index is 1.89. The maximum atomic E-state index is 11.9. The summed E-state index contributed by atoms with van der Waals surface area (Å²) in [6.45, 7) is 7.95. The van der Waals surface area contributed by atoms with Gasteiger partial charge in [-0.1, -0.05) is 6.07 Å². The van der Waals surface area contributed by atoms with Crippen LogP contribution in [0, 0.1) is 6.92 Å². The van der Waals surface area contributed by atoms with Crippen molar-refractivity contribution in [3.05, 3.63) is 36.2 Å². The van der Waals surface area contributed by atoms with Crippen LogP contribution in [0.4, 0.5) is 10.5 Å². The molecule has 0 bridgehead atoms. The van der Waals surface area contributed by atoms with Crippen molar-refractivity contribution in [1.82, 2.24) is 10.3 Å². The Morgan fingerprint density at radius 3 is 2.71 bits per heavy atom. The third-order valence-corrected chi connectivity index (χ3v) is 5.18. The van der Waals surface area contributed by atoms with Crippen LogP contribution in [0.2, 0.25) is 0 Å². The van der Waals surface area contributed by atoms with E-state index >= 15 is 0 Å². The first-order valence-electron chi connectivity index (χ1n) is 7.71. The Hall–Kier alpha value is -2.15. The molecule has 0 unspecified atom stereocenters. The van der Waals surface area contributed by atoms with Crippen molar-refractivity contribution in [3.8, 4) is 11.5 Å². The average molecular weight is 349 g/mol. The van der Waals surface area contributed by atoms with Crippen molar-refractivity contribution in [2.24, 2.45) is 0 Å². The summed E-state index contributed by atoms with van der Waals surface area (Å²) in [6, 6.07) is 6.92. The number of benzene rings is 1. The van der Waals surface area contributed by atoms with E-state index in [1.165, 1.54) is 0 Å². The number of urea groups is 1. The van der Waals surface area contributed by atoms with Crippen molar-refractivity contribution < 1.29 is 13.4 Å². The molecule has 2 rings (SSSR count). The van der Waals surface area contributed by atoms with Gasteiger partial charge in [-0.05, 0) is 45.9 Å². The summed E-state index contributed by atoms with van der Waals surface area (Å²) in [5.74, 6) is 0.934. The molecule has 1 aromatic carbocycles. The molecule has 0 aliphatic heterocycles. The minimum atomic E-state index is -0.990. The van der Waals surface area contributed by atoms with E-state index in [4.69, 9.17) is 4.42 Å². The van der Waals surface area contributed by atoms with Crippen molar-refractivity contribution in [2.75, 3.05) is 17.6 Å². The van der Waals surface area contributed by atoms with Gasteiger partial charge in [-0.25, -0.2) is 9.78 Å². The van der Waals surface area contributed by atoms with Gasteiger partial charge in [0.05, 0.1) is 5.69 Å². The SMILES string of the molecule is Cc1coc(-c2cccc(NC(=O)NCC[S@@](=O)C(C)(C)C)c2)n1. The molecule has 130 valence electrons. The highest BCUT2D eigenvalue weighted by Gasteiger charge is 2.18. The van der Waals surface area contributed by atoms with Gasteiger partial charge in [-0.2, -0.15) is 0 Å². The number of nitrogens with zero attached hydrogens (tertiary/aromatic N) is 1. The Bertz CT molecular complexity index is 735. The van der Waals surface area contributed by atoms with Gasteiger partial charge in [0, 0.05) is 39.1 Å². The minimum absolute atomic E-state index is 0.277. The lowest BCUT2D eigenvalue weighted by Crippen LogP contribution is -2.35. The zero-order valence-electron chi connectivity index (χ0n) is 14.4. The topological polar surface area (TPSA) is 84.2 Å². The maximum Gasteiger partial charge on any atom is 0.319 e. The summed E-state index contributed by atoms with van der Waals surface area (Å²) >= 11 is 0. The number of nitrogens with one attached hydrogen (secondary N) is 2. The van der Waals surface area contributed by atoms with Crippen molar-refractivity contribution in [3.63, 3.8) is 0 Å². The van der Waals surface area contributed by atoms with E-state index in [9.17, 15) is 9.00 Å². The molecule has 0 radical (unpaired) electrons. The summed E-state index contributed by atoms with van der Waals surface area (Å²) in [7, 11) is -0.990. The number of hydrogen-bond acceptors (Lipinski definition) is 4. The van der Waals surface area contributed by atoms with Crippen molar-refractivity contribution >= 4 is 22.5 Å². The average Bonchev–Trinajstić information content (AvgIpc) is 2.93. The van der Waals surface area contributed by atoms with Gasteiger partial charge < -0.3 is 15.1 Å². The summed E-state index contributed by atoms with van der Waals surface area (Å²) < 4.78 is 17.0. The number of carbonyl (C=O) groups is 1. The summed E-state index contributed by atoms with van der Waals surface area (Å²) in [5.41, 5.74) is 2.22. The fraction of sp³-hybridized carbons (Fsp3) is 0.412. The predicted molar refractivity (Wildman–Crippen MR) is 96.5 cm³/mol. The lowest BCUT2D eigenvalue weighted by molar-refractivity contribution is 0.252. The number of aromatic nitrogens is 1. The molecule has 1 heterocycles. The van der Waals surface area contributed by atoms with Gasteiger partial charge in [0.1, 0.15) is 6.26 Å². The molecule has 0 saturated carbocycles. The molecule has 2 N–H and O–H groups in total. The highest BCUT2D eigenvalue weighted by Crippen LogP contribution is 2.21. The number of aryl methyl sites for hydroxylation is 1. The molecule has 24 heavy (non-hydrogen) atoms. The van der Waals surface area contributed by atoms with Gasteiger partial charge in [0.2, 0.25) is 5.89 Å². The van der Waals surface area contributed by atoms with Crippen LogP contribution in [0.15, 0.2) is 34.9 Å². The van der Waals surface area contributed by atoms with Crippen LogP contribution < -0.4 is 10.6 Å². The van der Waals surface area contributed by atoms with Gasteiger partial charge in [0.25, 0.3) is 0 Å². The monoisotopic (exact) mass is 349 g/mol. The molecule has 2 amide bonds. The second kappa shape index (κ2) is 7.61. The molecule has 1 atom stereocenters. The molecule has 1 aromatic heterocycles. The normalized spacial score (nSPS) is 12.7. The highest BCUT2D eigenvalue weighted by molar-refractivity contribution is 7.86. The third kappa shape index (κ3) is 5.19. The Morgan fingerprint density at radius 1 is 1.33 bits per heavy atom. The van der Waals surface area contributed by atoms with Gasteiger partial charge in [-0.15, -0.1) is 0 Å². The first-order chi connectivity index (χ1) is 11.3. The van der Waals surface area contributed by atoms with Gasteiger partial charge in [-0.3, -0.25) is 4.21 Å². The zero-order valence-corrected chi connectivity index (χ0v) is 15.2. The molecule has 0 aliphatic carbocycles. The fourth-order valence-corrected chi connectivity index (χ4v) is 2.86. The van der Waals surface area contributed by atoms with Crippen molar-refractivity contribution in [2.45, 2.75) is 32.4 Å². The Labute approximate surface area is 144 Å². The third-order valence-electron chi connectivity index (χ3n) is 3.24. The smallest absolute Gasteiger partial charge is 0.319 e. The number of rotatable bonds is 5. The zero-order chi connectivity index (χ0) is 17.7. The Kier molecular flexibility index (Phi) is 5.77. The fourth-order valence-electron chi connectivity index (χ4n) is 1.96. The molecule has 6 nitrogen and oxygen atoms in total. The van der Waals surface area contributed by atoms with Crippen LogP contribution >= 0.6 is 0 Å². The second-order valence-electron chi connectivity index (χ2n) is 6.42. The van der Waals surface area contributed by atoms with Gasteiger partial charge >= 0.3 is 6.03 Å². The van der Waals surface area contributed by atoms with E-state index in [1.807, 2.05) is 39.8 Å². The summed E-state index contributed by atoms with van der Waals surface area (Å²) in [4.78, 5) is 16.2. The number of carbonyl (C=O) groups excluding carboxylic acids is 1. The number of oxazole rings is 1. The maximum absolute atomic E-state index is 11.9. The minimum Gasteiger partial charge on any atom is -0.444 e. The first-order valence-corrected chi connectivity index (χ1v) is 9.03. The van der Waals surface area contributed by atoms with E-state index in [0.717, 1.165) is 11.3 Å². The van der Waals surface area contributed by atoms with Crippen LogP contribution in [0.25, 0.3) is 11.5 Å². The second-order valence-corrected chi connectivity index (χ2v) is 8.74. The lowest BCUT2D eigenvalue weighted by Gasteiger charge is -2.17. The van der Waals surface area contributed by atoms with Crippen LogP contribution in [-0.2, 0) is 10.8 Å².